The Morgan fingerprint density at radius 3 is 3.09 bits per heavy atom. The maximum atomic E-state index is 12.3. The van der Waals surface area contributed by atoms with Crippen molar-refractivity contribution in [1.82, 2.24) is 15.3 Å². The van der Waals surface area contributed by atoms with Crippen molar-refractivity contribution in [2.45, 2.75) is 25.0 Å². The van der Waals surface area contributed by atoms with E-state index in [1.54, 1.807) is 18.9 Å². The molecule has 0 radical (unpaired) electrons. The molecule has 6 heteroatoms. The molecular weight excluding hydrogens is 310 g/mol. The van der Waals surface area contributed by atoms with Crippen LogP contribution in [0.25, 0.3) is 0 Å². The number of amides is 1. The zero-order chi connectivity index (χ0) is 16.2. The first-order chi connectivity index (χ1) is 11.2. The molecule has 0 bridgehead atoms. The quantitative estimate of drug-likeness (QED) is 0.884. The Hall–Kier alpha value is -1.95. The fourth-order valence-corrected chi connectivity index (χ4v) is 3.35. The fraction of sp³-hybridized carbons (Fsp3) is 0.412. The van der Waals surface area contributed by atoms with Crippen LogP contribution in [0.2, 0.25) is 0 Å². The molecule has 0 saturated heterocycles. The predicted molar refractivity (Wildman–Crippen MR) is 92.2 cm³/mol. The maximum absolute atomic E-state index is 12.3. The molecular formula is C17H21N3O2S. The fourth-order valence-electron chi connectivity index (χ4n) is 2.82. The molecule has 1 aliphatic heterocycles. The van der Waals surface area contributed by atoms with Crippen LogP contribution in [0.5, 0.6) is 5.75 Å². The molecule has 23 heavy (non-hydrogen) atoms. The molecule has 122 valence electrons. The van der Waals surface area contributed by atoms with Crippen molar-refractivity contribution >= 4 is 17.7 Å². The van der Waals surface area contributed by atoms with E-state index in [9.17, 15) is 4.79 Å². The van der Waals surface area contributed by atoms with Crippen LogP contribution in [0.3, 0.4) is 0 Å². The molecule has 5 nitrogen and oxygen atoms in total. The van der Waals surface area contributed by atoms with Gasteiger partial charge in [-0.1, -0.05) is 19.1 Å². The average molecular weight is 331 g/mol. The van der Waals surface area contributed by atoms with Gasteiger partial charge in [0.25, 0.3) is 5.91 Å². The molecule has 0 unspecified atom stereocenters. The third-order valence-electron chi connectivity index (χ3n) is 4.01. The van der Waals surface area contributed by atoms with E-state index in [0.29, 0.717) is 12.2 Å². The van der Waals surface area contributed by atoms with Crippen LogP contribution >= 0.6 is 11.8 Å². The monoisotopic (exact) mass is 331 g/mol. The van der Waals surface area contributed by atoms with Crippen LogP contribution in [-0.4, -0.2) is 35.3 Å². The Balaban J connectivity index is 1.86. The summed E-state index contributed by atoms with van der Waals surface area (Å²) in [6, 6.07) is 8.03. The Kier molecular flexibility index (Phi) is 4.91. The Morgan fingerprint density at radius 2 is 2.30 bits per heavy atom. The number of thioether (sulfide) groups is 1. The predicted octanol–water partition coefficient (Wildman–Crippen LogP) is 2.74. The third kappa shape index (κ3) is 3.52. The maximum Gasteiger partial charge on any atom is 0.271 e. The minimum atomic E-state index is -0.0885. The van der Waals surface area contributed by atoms with Crippen molar-refractivity contribution in [2.24, 2.45) is 0 Å². The number of hydrogen-bond acceptors (Lipinski definition) is 4. The van der Waals surface area contributed by atoms with Crippen LogP contribution in [0.15, 0.2) is 24.3 Å². The first-order valence-electron chi connectivity index (χ1n) is 7.79. The summed E-state index contributed by atoms with van der Waals surface area (Å²) >= 11 is 1.79. The minimum Gasteiger partial charge on any atom is -0.497 e. The second-order valence-electron chi connectivity index (χ2n) is 5.54. The number of carbonyl (C=O) groups excluding carboxylic acids is 1. The Morgan fingerprint density at radius 1 is 1.43 bits per heavy atom. The second-order valence-corrected chi connectivity index (χ2v) is 6.81. The van der Waals surface area contributed by atoms with Gasteiger partial charge >= 0.3 is 0 Å². The highest BCUT2D eigenvalue weighted by Crippen LogP contribution is 2.27. The van der Waals surface area contributed by atoms with Crippen molar-refractivity contribution in [1.29, 1.82) is 0 Å². The lowest BCUT2D eigenvalue weighted by Gasteiger charge is -2.15. The number of benzene rings is 1. The number of fused-ring (bicyclic) bond motifs is 1. The molecule has 0 spiro atoms. The molecule has 2 N–H and O–H groups in total. The number of methoxy groups -OCH3 is 1. The summed E-state index contributed by atoms with van der Waals surface area (Å²) in [4.78, 5) is 20.1. The van der Waals surface area contributed by atoms with Gasteiger partial charge in [0, 0.05) is 18.2 Å². The smallest absolute Gasteiger partial charge is 0.271 e. The van der Waals surface area contributed by atoms with Gasteiger partial charge in [-0.3, -0.25) is 4.79 Å². The van der Waals surface area contributed by atoms with Crippen LogP contribution in [0, 0.1) is 0 Å². The molecule has 1 aromatic carbocycles. The van der Waals surface area contributed by atoms with E-state index in [1.807, 2.05) is 18.2 Å². The second kappa shape index (κ2) is 7.08. The molecule has 0 aliphatic carbocycles. The lowest BCUT2D eigenvalue weighted by atomic mass is 9.94. The van der Waals surface area contributed by atoms with E-state index >= 15 is 0 Å². The lowest BCUT2D eigenvalue weighted by molar-refractivity contribution is 0.0950. The van der Waals surface area contributed by atoms with Gasteiger partial charge in [0.05, 0.1) is 12.9 Å². The van der Waals surface area contributed by atoms with E-state index in [-0.39, 0.29) is 11.8 Å². The molecule has 3 rings (SSSR count). The highest BCUT2D eigenvalue weighted by molar-refractivity contribution is 7.98. The number of carbonyl (C=O) groups is 1. The number of nitrogens with one attached hydrogen (secondary N) is 2. The zero-order valence-corrected chi connectivity index (χ0v) is 14.2. The standard InChI is InChI=1S/C17H21N3O2S/c1-3-23-10-15-19-14-8-12(9-18-17(21)16(14)20-15)11-5-4-6-13(7-11)22-2/h4-7,12H,3,8-10H2,1-2H3,(H,18,21)(H,19,20)/t12-/m1/s1. The Labute approximate surface area is 140 Å². The number of ether oxygens (including phenoxy) is 1. The summed E-state index contributed by atoms with van der Waals surface area (Å²) < 4.78 is 5.31. The third-order valence-corrected chi connectivity index (χ3v) is 4.90. The number of nitrogens with zero attached hydrogens (tertiary/aromatic N) is 1. The number of hydrogen-bond donors (Lipinski definition) is 2. The van der Waals surface area contributed by atoms with Crippen LogP contribution in [-0.2, 0) is 12.2 Å². The lowest BCUT2D eigenvalue weighted by Crippen LogP contribution is -2.26. The highest BCUT2D eigenvalue weighted by atomic mass is 32.2. The van der Waals surface area contributed by atoms with Gasteiger partial charge in [0.2, 0.25) is 0 Å². The molecule has 1 amide bonds. The van der Waals surface area contributed by atoms with Crippen molar-refractivity contribution in [2.75, 3.05) is 19.4 Å². The first kappa shape index (κ1) is 15.9. The highest BCUT2D eigenvalue weighted by Gasteiger charge is 2.26. The largest absolute Gasteiger partial charge is 0.497 e. The summed E-state index contributed by atoms with van der Waals surface area (Å²) in [5, 5.41) is 2.99. The summed E-state index contributed by atoms with van der Waals surface area (Å²) in [6.07, 6.45) is 0.769. The number of aromatic nitrogens is 2. The van der Waals surface area contributed by atoms with Crippen molar-refractivity contribution in [3.8, 4) is 5.75 Å². The number of H-pyrrole nitrogens is 1. The number of imidazole rings is 1. The number of rotatable bonds is 5. The van der Waals surface area contributed by atoms with E-state index in [4.69, 9.17) is 4.74 Å². The van der Waals surface area contributed by atoms with Crippen LogP contribution in [0.1, 0.15) is 40.4 Å². The average Bonchev–Trinajstić information content (AvgIpc) is 2.92. The van der Waals surface area contributed by atoms with Gasteiger partial charge in [0.15, 0.2) is 0 Å². The molecule has 1 aliphatic rings. The number of aromatic amines is 1. The summed E-state index contributed by atoms with van der Waals surface area (Å²) in [7, 11) is 1.67. The van der Waals surface area contributed by atoms with E-state index in [2.05, 4.69) is 28.3 Å². The van der Waals surface area contributed by atoms with Crippen molar-refractivity contribution in [3.05, 3.63) is 47.0 Å². The zero-order valence-electron chi connectivity index (χ0n) is 13.4. The van der Waals surface area contributed by atoms with Crippen LogP contribution < -0.4 is 10.1 Å². The molecule has 2 aromatic rings. The molecule has 0 saturated carbocycles. The molecule has 1 aromatic heterocycles. The van der Waals surface area contributed by atoms with Gasteiger partial charge in [0.1, 0.15) is 17.3 Å². The normalized spacial score (nSPS) is 17.3. The topological polar surface area (TPSA) is 67.0 Å². The van der Waals surface area contributed by atoms with Gasteiger partial charge in [-0.15, -0.1) is 0 Å². The van der Waals surface area contributed by atoms with Gasteiger partial charge in [-0.25, -0.2) is 4.98 Å². The minimum absolute atomic E-state index is 0.0885. The van der Waals surface area contributed by atoms with E-state index in [0.717, 1.165) is 40.8 Å². The van der Waals surface area contributed by atoms with Crippen molar-refractivity contribution in [3.63, 3.8) is 0 Å². The van der Waals surface area contributed by atoms with Crippen LogP contribution in [0.4, 0.5) is 0 Å². The van der Waals surface area contributed by atoms with Gasteiger partial charge < -0.3 is 15.0 Å². The summed E-state index contributed by atoms with van der Waals surface area (Å²) in [5.41, 5.74) is 2.64. The molecule has 2 heterocycles. The first-order valence-corrected chi connectivity index (χ1v) is 8.94. The van der Waals surface area contributed by atoms with Gasteiger partial charge in [-0.2, -0.15) is 11.8 Å². The van der Waals surface area contributed by atoms with E-state index in [1.165, 1.54) is 0 Å². The van der Waals surface area contributed by atoms with Crippen molar-refractivity contribution < 1.29 is 9.53 Å². The van der Waals surface area contributed by atoms with E-state index < -0.39 is 0 Å². The molecule has 0 fully saturated rings. The van der Waals surface area contributed by atoms with Gasteiger partial charge in [-0.05, 0) is 29.9 Å². The molecule has 1 atom stereocenters. The Bertz CT molecular complexity index is 699. The summed E-state index contributed by atoms with van der Waals surface area (Å²) in [6.45, 7) is 2.72. The SMILES string of the molecule is CCSCc1nc2c([nH]1)C[C@@H](c1cccc(OC)c1)CNC2=O. The summed E-state index contributed by atoms with van der Waals surface area (Å²) in [5.74, 6) is 3.67.